The summed E-state index contributed by atoms with van der Waals surface area (Å²) in [5, 5.41) is 9.63. The highest BCUT2D eigenvalue weighted by Crippen LogP contribution is 2.33. The van der Waals surface area contributed by atoms with Crippen LogP contribution >= 0.6 is 0 Å². The molecule has 0 aliphatic carbocycles. The molecule has 1 atom stereocenters. The topological polar surface area (TPSA) is 49.8 Å². The fourth-order valence-corrected chi connectivity index (χ4v) is 3.21. The van der Waals surface area contributed by atoms with Gasteiger partial charge in [0.2, 0.25) is 0 Å². The zero-order valence-corrected chi connectivity index (χ0v) is 13.0. The van der Waals surface area contributed by atoms with Crippen molar-refractivity contribution in [1.82, 2.24) is 4.90 Å². The lowest BCUT2D eigenvalue weighted by molar-refractivity contribution is -0.150. The van der Waals surface area contributed by atoms with Crippen LogP contribution in [-0.4, -0.2) is 41.2 Å². The van der Waals surface area contributed by atoms with E-state index in [0.717, 1.165) is 31.6 Å². The van der Waals surface area contributed by atoms with Crippen LogP contribution in [0.3, 0.4) is 0 Å². The van der Waals surface area contributed by atoms with E-state index in [1.807, 2.05) is 38.1 Å². The van der Waals surface area contributed by atoms with E-state index in [2.05, 4.69) is 4.90 Å². The van der Waals surface area contributed by atoms with E-state index in [9.17, 15) is 9.90 Å². The van der Waals surface area contributed by atoms with Crippen molar-refractivity contribution < 1.29 is 14.6 Å². The van der Waals surface area contributed by atoms with Crippen LogP contribution in [0.25, 0.3) is 0 Å². The molecule has 4 heteroatoms. The van der Waals surface area contributed by atoms with Crippen molar-refractivity contribution in [3.05, 3.63) is 29.8 Å². The number of carboxylic acids is 1. The van der Waals surface area contributed by atoms with Crippen LogP contribution in [-0.2, 0) is 4.79 Å². The molecular formula is C17H25NO3. The van der Waals surface area contributed by atoms with Crippen molar-refractivity contribution in [2.45, 2.75) is 45.1 Å². The molecule has 0 radical (unpaired) electrons. The molecule has 1 aliphatic heterocycles. The lowest BCUT2D eigenvalue weighted by Gasteiger charge is -2.34. The maximum atomic E-state index is 11.7. The molecule has 116 valence electrons. The van der Waals surface area contributed by atoms with Crippen molar-refractivity contribution >= 4 is 5.97 Å². The van der Waals surface area contributed by atoms with Gasteiger partial charge in [0.25, 0.3) is 0 Å². The third-order valence-corrected chi connectivity index (χ3v) is 4.34. The largest absolute Gasteiger partial charge is 0.492 e. The zero-order chi connectivity index (χ0) is 15.3. The number of rotatable bonds is 7. The lowest BCUT2D eigenvalue weighted by atomic mass is 9.91. The monoisotopic (exact) mass is 291 g/mol. The van der Waals surface area contributed by atoms with E-state index in [1.54, 1.807) is 0 Å². The molecule has 2 rings (SSSR count). The summed E-state index contributed by atoms with van der Waals surface area (Å²) in [7, 11) is 0. The first kappa shape index (κ1) is 15.8. The van der Waals surface area contributed by atoms with Crippen LogP contribution in [0.15, 0.2) is 24.3 Å². The van der Waals surface area contributed by atoms with Gasteiger partial charge in [-0.25, -0.2) is 0 Å². The molecule has 1 heterocycles. The first-order valence-electron chi connectivity index (χ1n) is 7.76. The molecule has 1 saturated heterocycles. The van der Waals surface area contributed by atoms with Gasteiger partial charge < -0.3 is 9.84 Å². The van der Waals surface area contributed by atoms with E-state index in [-0.39, 0.29) is 0 Å². The van der Waals surface area contributed by atoms with Gasteiger partial charge >= 0.3 is 5.97 Å². The van der Waals surface area contributed by atoms with Crippen molar-refractivity contribution in [2.24, 2.45) is 0 Å². The minimum Gasteiger partial charge on any atom is -0.492 e. The second-order valence-electron chi connectivity index (χ2n) is 5.84. The fourth-order valence-electron chi connectivity index (χ4n) is 3.21. The first-order valence-corrected chi connectivity index (χ1v) is 7.76. The summed E-state index contributed by atoms with van der Waals surface area (Å²) in [6.45, 7) is 6.13. The second-order valence-corrected chi connectivity index (χ2v) is 5.84. The lowest BCUT2D eigenvalue weighted by Crippen LogP contribution is -2.51. The number of aliphatic carboxylic acids is 1. The molecule has 1 aromatic rings. The highest BCUT2D eigenvalue weighted by atomic mass is 16.5. The average Bonchev–Trinajstić information content (AvgIpc) is 2.86. The van der Waals surface area contributed by atoms with Crippen LogP contribution in [0.1, 0.15) is 38.2 Å². The predicted octanol–water partition coefficient (Wildman–Crippen LogP) is 3.09. The Morgan fingerprint density at radius 2 is 2.10 bits per heavy atom. The molecule has 21 heavy (non-hydrogen) atoms. The third kappa shape index (κ3) is 3.56. The Morgan fingerprint density at radius 3 is 2.71 bits per heavy atom. The number of carboxylic acid groups (broad SMARTS) is 1. The second kappa shape index (κ2) is 6.94. The fraction of sp³-hybridized carbons (Fsp3) is 0.588. The molecular weight excluding hydrogens is 266 g/mol. The normalized spacial score (nSPS) is 22.4. The number of ether oxygens (including phenoxy) is 1. The number of benzene rings is 1. The Labute approximate surface area is 126 Å². The summed E-state index contributed by atoms with van der Waals surface area (Å²) in [5.74, 6) is 0.161. The SMILES string of the molecule is CCCC1(C(=O)O)CCCN1CCOc1ccc(C)cc1. The smallest absolute Gasteiger partial charge is 0.324 e. The first-order chi connectivity index (χ1) is 10.1. The average molecular weight is 291 g/mol. The van der Waals surface area contributed by atoms with E-state index in [4.69, 9.17) is 4.74 Å². The molecule has 0 aromatic heterocycles. The predicted molar refractivity (Wildman–Crippen MR) is 82.8 cm³/mol. The van der Waals surface area contributed by atoms with Crippen LogP contribution in [0.2, 0.25) is 0 Å². The van der Waals surface area contributed by atoms with Gasteiger partial charge in [-0.2, -0.15) is 0 Å². The molecule has 1 N–H and O–H groups in total. The van der Waals surface area contributed by atoms with Gasteiger partial charge in [-0.05, 0) is 44.9 Å². The summed E-state index contributed by atoms with van der Waals surface area (Å²) in [6.07, 6.45) is 3.31. The van der Waals surface area contributed by atoms with Crippen molar-refractivity contribution in [2.75, 3.05) is 19.7 Å². The Bertz CT molecular complexity index is 471. The van der Waals surface area contributed by atoms with Gasteiger partial charge in [-0.15, -0.1) is 0 Å². The molecule has 0 amide bonds. The molecule has 0 saturated carbocycles. The molecule has 4 nitrogen and oxygen atoms in total. The summed E-state index contributed by atoms with van der Waals surface area (Å²) in [4.78, 5) is 13.8. The standard InChI is InChI=1S/C17H25NO3/c1-3-9-17(16(19)20)10-4-11-18(17)12-13-21-15-7-5-14(2)6-8-15/h5-8H,3-4,9-13H2,1-2H3,(H,19,20). The number of aryl methyl sites for hydroxylation is 1. The molecule has 1 aromatic carbocycles. The van der Waals surface area contributed by atoms with Gasteiger partial charge in [-0.3, -0.25) is 9.69 Å². The Hall–Kier alpha value is -1.55. The molecule has 1 fully saturated rings. The van der Waals surface area contributed by atoms with Crippen molar-refractivity contribution in [3.8, 4) is 5.75 Å². The number of likely N-dealkylation sites (tertiary alicyclic amines) is 1. The number of hydrogen-bond acceptors (Lipinski definition) is 3. The van der Waals surface area contributed by atoms with Crippen LogP contribution in [0, 0.1) is 6.92 Å². The summed E-state index contributed by atoms with van der Waals surface area (Å²) in [5.41, 5.74) is 0.528. The Balaban J connectivity index is 1.92. The van der Waals surface area contributed by atoms with Crippen molar-refractivity contribution in [3.63, 3.8) is 0 Å². The Morgan fingerprint density at radius 1 is 1.38 bits per heavy atom. The van der Waals surface area contributed by atoms with Gasteiger partial charge in [-0.1, -0.05) is 31.0 Å². The number of carbonyl (C=O) groups is 1. The van der Waals surface area contributed by atoms with Gasteiger partial charge in [0, 0.05) is 6.54 Å². The quantitative estimate of drug-likeness (QED) is 0.838. The zero-order valence-electron chi connectivity index (χ0n) is 13.0. The van der Waals surface area contributed by atoms with Crippen LogP contribution in [0.5, 0.6) is 5.75 Å². The highest BCUT2D eigenvalue weighted by molar-refractivity contribution is 5.79. The van der Waals surface area contributed by atoms with E-state index in [0.29, 0.717) is 19.6 Å². The van der Waals surface area contributed by atoms with E-state index in [1.165, 1.54) is 5.56 Å². The third-order valence-electron chi connectivity index (χ3n) is 4.34. The van der Waals surface area contributed by atoms with Crippen LogP contribution < -0.4 is 4.74 Å². The van der Waals surface area contributed by atoms with E-state index < -0.39 is 11.5 Å². The highest BCUT2D eigenvalue weighted by Gasteiger charge is 2.46. The number of hydrogen-bond donors (Lipinski definition) is 1. The van der Waals surface area contributed by atoms with Gasteiger partial charge in [0.05, 0.1) is 0 Å². The van der Waals surface area contributed by atoms with Crippen molar-refractivity contribution in [1.29, 1.82) is 0 Å². The Kier molecular flexibility index (Phi) is 5.23. The molecule has 1 unspecified atom stereocenters. The number of nitrogens with zero attached hydrogens (tertiary/aromatic N) is 1. The summed E-state index contributed by atoms with van der Waals surface area (Å²) >= 11 is 0. The summed E-state index contributed by atoms with van der Waals surface area (Å²) < 4.78 is 5.74. The minimum atomic E-state index is -0.683. The van der Waals surface area contributed by atoms with Gasteiger partial charge in [0.15, 0.2) is 0 Å². The van der Waals surface area contributed by atoms with E-state index >= 15 is 0 Å². The van der Waals surface area contributed by atoms with Crippen LogP contribution in [0.4, 0.5) is 0 Å². The molecule has 1 aliphatic rings. The molecule has 0 bridgehead atoms. The maximum Gasteiger partial charge on any atom is 0.324 e. The maximum absolute atomic E-state index is 11.7. The van der Waals surface area contributed by atoms with Gasteiger partial charge in [0.1, 0.15) is 17.9 Å². The minimum absolute atomic E-state index is 0.530. The summed E-state index contributed by atoms with van der Waals surface area (Å²) in [6, 6.07) is 7.94. The molecule has 0 spiro atoms.